The van der Waals surface area contributed by atoms with Crippen molar-refractivity contribution in [3.63, 3.8) is 0 Å². The van der Waals surface area contributed by atoms with Crippen LogP contribution in [0.4, 0.5) is 0 Å². The van der Waals surface area contributed by atoms with E-state index in [1.54, 1.807) is 18.3 Å². The Bertz CT molecular complexity index is 547. The first-order valence-electron chi connectivity index (χ1n) is 5.34. The minimum atomic E-state index is -0.986. The molecule has 1 aromatic carbocycles. The Kier molecular flexibility index (Phi) is 3.71. The quantitative estimate of drug-likeness (QED) is 0.836. The highest BCUT2D eigenvalue weighted by Gasteiger charge is 1.97. The number of aromatic nitrogens is 1. The fraction of sp³-hybridized carbons (Fsp3) is 0. The van der Waals surface area contributed by atoms with Gasteiger partial charge in [-0.05, 0) is 29.8 Å². The maximum atomic E-state index is 10.3. The number of pyridine rings is 1. The molecule has 4 heteroatoms. The molecule has 1 aromatic heterocycles. The van der Waals surface area contributed by atoms with Crippen LogP contribution in [-0.4, -0.2) is 16.1 Å². The lowest BCUT2D eigenvalue weighted by molar-refractivity contribution is -0.131. The maximum Gasteiger partial charge on any atom is 0.328 e. The molecule has 1 N–H and O–H groups in total. The third-order valence-corrected chi connectivity index (χ3v) is 2.14. The average Bonchev–Trinajstić information content (AvgIpc) is 2.39. The molecular formula is C14H11NO3. The smallest absolute Gasteiger partial charge is 0.328 e. The summed E-state index contributed by atoms with van der Waals surface area (Å²) in [5.74, 6) is 0.187. The van der Waals surface area contributed by atoms with Gasteiger partial charge in [-0.3, -0.25) is 0 Å². The van der Waals surface area contributed by atoms with Gasteiger partial charge in [-0.2, -0.15) is 0 Å². The molecule has 2 rings (SSSR count). The van der Waals surface area contributed by atoms with Crippen molar-refractivity contribution in [3.8, 4) is 11.6 Å². The van der Waals surface area contributed by atoms with Gasteiger partial charge >= 0.3 is 5.97 Å². The molecule has 0 aliphatic carbocycles. The number of para-hydroxylation sites is 1. The highest BCUT2D eigenvalue weighted by Crippen LogP contribution is 2.18. The highest BCUT2D eigenvalue weighted by atomic mass is 16.5. The zero-order valence-corrected chi connectivity index (χ0v) is 9.48. The molecule has 1 heterocycles. The highest BCUT2D eigenvalue weighted by molar-refractivity contribution is 5.85. The number of hydrogen-bond donors (Lipinski definition) is 1. The number of carboxylic acid groups (broad SMARTS) is 1. The van der Waals surface area contributed by atoms with E-state index >= 15 is 0 Å². The normalized spacial score (nSPS) is 10.4. The van der Waals surface area contributed by atoms with Crippen LogP contribution in [0.5, 0.6) is 11.6 Å². The number of nitrogens with zero attached hydrogens (tertiary/aromatic N) is 1. The lowest BCUT2D eigenvalue weighted by Gasteiger charge is -2.03. The molecule has 0 bridgehead atoms. The van der Waals surface area contributed by atoms with Crippen molar-refractivity contribution >= 4 is 12.0 Å². The van der Waals surface area contributed by atoms with E-state index < -0.39 is 5.97 Å². The fourth-order valence-electron chi connectivity index (χ4n) is 1.33. The summed E-state index contributed by atoms with van der Waals surface area (Å²) in [4.78, 5) is 14.4. The van der Waals surface area contributed by atoms with Crippen molar-refractivity contribution in [2.75, 3.05) is 0 Å². The van der Waals surface area contributed by atoms with Crippen molar-refractivity contribution in [1.29, 1.82) is 0 Å². The minimum absolute atomic E-state index is 0.466. The molecule has 0 spiro atoms. The van der Waals surface area contributed by atoms with E-state index in [0.29, 0.717) is 17.2 Å². The zero-order chi connectivity index (χ0) is 12.8. The number of carboxylic acids is 1. The Morgan fingerprint density at radius 2 is 1.94 bits per heavy atom. The average molecular weight is 241 g/mol. The van der Waals surface area contributed by atoms with Gasteiger partial charge in [-0.15, -0.1) is 0 Å². The van der Waals surface area contributed by atoms with Crippen LogP contribution >= 0.6 is 0 Å². The summed E-state index contributed by atoms with van der Waals surface area (Å²) in [7, 11) is 0. The second-order valence-corrected chi connectivity index (χ2v) is 3.52. The van der Waals surface area contributed by atoms with Crippen molar-refractivity contribution in [2.24, 2.45) is 0 Å². The molecule has 0 saturated heterocycles. The van der Waals surface area contributed by atoms with Crippen molar-refractivity contribution in [2.45, 2.75) is 0 Å². The van der Waals surface area contributed by atoms with E-state index in [1.165, 1.54) is 6.08 Å². The van der Waals surface area contributed by atoms with Crippen LogP contribution in [0.2, 0.25) is 0 Å². The van der Waals surface area contributed by atoms with Crippen LogP contribution in [0.25, 0.3) is 6.08 Å². The molecule has 0 atom stereocenters. The van der Waals surface area contributed by atoms with Crippen LogP contribution in [0, 0.1) is 0 Å². The molecule has 0 aliphatic heterocycles. The first-order chi connectivity index (χ1) is 8.74. The Balaban J connectivity index is 2.06. The number of benzene rings is 1. The van der Waals surface area contributed by atoms with E-state index in [2.05, 4.69) is 4.98 Å². The van der Waals surface area contributed by atoms with E-state index in [4.69, 9.17) is 9.84 Å². The number of hydrogen-bond acceptors (Lipinski definition) is 3. The van der Waals surface area contributed by atoms with Gasteiger partial charge in [0.1, 0.15) is 5.75 Å². The largest absolute Gasteiger partial charge is 0.478 e. The first kappa shape index (κ1) is 11.9. The predicted molar refractivity (Wildman–Crippen MR) is 67.4 cm³/mol. The fourth-order valence-corrected chi connectivity index (χ4v) is 1.33. The van der Waals surface area contributed by atoms with Crippen LogP contribution in [0.3, 0.4) is 0 Å². The monoisotopic (exact) mass is 241 g/mol. The standard InChI is InChI=1S/C14H11NO3/c16-14(17)9-7-11-6-8-13(15-10-11)18-12-4-2-1-3-5-12/h1-10H,(H,16,17)/b9-7+. The van der Waals surface area contributed by atoms with Gasteiger partial charge in [0.2, 0.25) is 5.88 Å². The molecule has 0 fully saturated rings. The summed E-state index contributed by atoms with van der Waals surface area (Å²) < 4.78 is 5.51. The van der Waals surface area contributed by atoms with E-state index in [9.17, 15) is 4.79 Å². The van der Waals surface area contributed by atoms with Gasteiger partial charge in [0, 0.05) is 18.3 Å². The molecule has 90 valence electrons. The molecule has 2 aromatic rings. The molecule has 4 nitrogen and oxygen atoms in total. The summed E-state index contributed by atoms with van der Waals surface area (Å²) >= 11 is 0. The van der Waals surface area contributed by atoms with Gasteiger partial charge in [0.05, 0.1) is 0 Å². The topological polar surface area (TPSA) is 59.4 Å². The predicted octanol–water partition coefficient (Wildman–Crippen LogP) is 2.97. The number of rotatable bonds is 4. The second kappa shape index (κ2) is 5.63. The molecule has 0 aliphatic rings. The SMILES string of the molecule is O=C(O)/C=C/c1ccc(Oc2ccccc2)nc1. The van der Waals surface area contributed by atoms with Crippen LogP contribution in [-0.2, 0) is 4.79 Å². The molecule has 0 unspecified atom stereocenters. The van der Waals surface area contributed by atoms with Crippen molar-refractivity contribution < 1.29 is 14.6 Å². The van der Waals surface area contributed by atoms with Crippen molar-refractivity contribution in [1.82, 2.24) is 4.98 Å². The number of ether oxygens (including phenoxy) is 1. The molecule has 0 saturated carbocycles. The lowest BCUT2D eigenvalue weighted by atomic mass is 10.2. The molecule has 0 amide bonds. The number of aliphatic carboxylic acids is 1. The van der Waals surface area contributed by atoms with Gasteiger partial charge in [-0.25, -0.2) is 9.78 Å². The zero-order valence-electron chi connectivity index (χ0n) is 9.48. The first-order valence-corrected chi connectivity index (χ1v) is 5.34. The summed E-state index contributed by atoms with van der Waals surface area (Å²) in [5, 5.41) is 8.49. The van der Waals surface area contributed by atoms with Crippen LogP contribution < -0.4 is 4.74 Å². The summed E-state index contributed by atoms with van der Waals surface area (Å²) in [6.45, 7) is 0. The Morgan fingerprint density at radius 1 is 1.17 bits per heavy atom. The van der Waals surface area contributed by atoms with Gasteiger partial charge in [0.25, 0.3) is 0 Å². The van der Waals surface area contributed by atoms with E-state index in [1.807, 2.05) is 30.3 Å². The Hall–Kier alpha value is -2.62. The Labute approximate surface area is 104 Å². The third kappa shape index (κ3) is 3.45. The van der Waals surface area contributed by atoms with Crippen LogP contribution in [0.1, 0.15) is 5.56 Å². The summed E-state index contributed by atoms with van der Waals surface area (Å²) in [6, 6.07) is 12.7. The molecule has 18 heavy (non-hydrogen) atoms. The lowest BCUT2D eigenvalue weighted by Crippen LogP contribution is -1.88. The minimum Gasteiger partial charge on any atom is -0.478 e. The van der Waals surface area contributed by atoms with Gasteiger partial charge in [0.15, 0.2) is 0 Å². The molecular weight excluding hydrogens is 230 g/mol. The Morgan fingerprint density at radius 3 is 2.56 bits per heavy atom. The third-order valence-electron chi connectivity index (χ3n) is 2.14. The maximum absolute atomic E-state index is 10.3. The van der Waals surface area contributed by atoms with E-state index in [0.717, 1.165) is 6.08 Å². The van der Waals surface area contributed by atoms with Gasteiger partial charge in [-0.1, -0.05) is 18.2 Å². The van der Waals surface area contributed by atoms with Crippen molar-refractivity contribution in [3.05, 3.63) is 60.3 Å². The second-order valence-electron chi connectivity index (χ2n) is 3.52. The number of carbonyl (C=O) groups is 1. The molecule has 0 radical (unpaired) electrons. The summed E-state index contributed by atoms with van der Waals surface area (Å²) in [6.07, 6.45) is 4.09. The van der Waals surface area contributed by atoms with Gasteiger partial charge < -0.3 is 9.84 Å². The van der Waals surface area contributed by atoms with E-state index in [-0.39, 0.29) is 0 Å². The van der Waals surface area contributed by atoms with Crippen LogP contribution in [0.15, 0.2) is 54.7 Å². The summed E-state index contributed by atoms with van der Waals surface area (Å²) in [5.41, 5.74) is 0.706.